The van der Waals surface area contributed by atoms with Crippen LogP contribution in [-0.2, 0) is 17.8 Å². The quantitative estimate of drug-likeness (QED) is 0.774. The zero-order chi connectivity index (χ0) is 14.0. The highest BCUT2D eigenvalue weighted by molar-refractivity contribution is 7.10. The minimum atomic E-state index is 0.373. The van der Waals surface area contributed by atoms with Crippen LogP contribution in [0.5, 0.6) is 0 Å². The van der Waals surface area contributed by atoms with Gasteiger partial charge in [0, 0.05) is 23.9 Å². The number of carbonyl (C=O) groups is 1. The number of rotatable bonds is 1. The Balaban J connectivity index is 1.37. The average molecular weight is 301 g/mol. The molecule has 1 aromatic rings. The minimum Gasteiger partial charge on any atom is -0.338 e. The highest BCUT2D eigenvalue weighted by atomic mass is 32.1. The number of fused-ring (bicyclic) bond motifs is 1. The topological polar surface area (TPSA) is 20.3 Å². The molecule has 0 atom stereocenters. The summed E-state index contributed by atoms with van der Waals surface area (Å²) in [5, 5.41) is 2.18. The molecule has 6 rings (SSSR count). The van der Waals surface area contributed by atoms with E-state index in [1.54, 1.807) is 0 Å². The Morgan fingerprint density at radius 2 is 1.81 bits per heavy atom. The third kappa shape index (κ3) is 1.93. The molecular weight excluding hydrogens is 278 g/mol. The maximum atomic E-state index is 13.1. The highest BCUT2D eigenvalue weighted by Gasteiger charge is 2.51. The Morgan fingerprint density at radius 3 is 2.52 bits per heavy atom. The van der Waals surface area contributed by atoms with Crippen molar-refractivity contribution in [2.24, 2.45) is 29.6 Å². The first-order chi connectivity index (χ1) is 10.3. The smallest absolute Gasteiger partial charge is 0.226 e. The SMILES string of the molecule is O=C(C1C2CC3CC(C2)CC1C3)N1CCc2sccc2C1. The van der Waals surface area contributed by atoms with Gasteiger partial charge in [0.1, 0.15) is 0 Å². The van der Waals surface area contributed by atoms with E-state index in [2.05, 4.69) is 16.3 Å². The first-order valence-electron chi connectivity index (χ1n) is 8.62. The lowest BCUT2D eigenvalue weighted by Crippen LogP contribution is -2.52. The van der Waals surface area contributed by atoms with E-state index < -0.39 is 0 Å². The second-order valence-electron chi connectivity index (χ2n) is 7.84. The summed E-state index contributed by atoms with van der Waals surface area (Å²) in [5.41, 5.74) is 1.41. The summed E-state index contributed by atoms with van der Waals surface area (Å²) in [5.74, 6) is 4.23. The van der Waals surface area contributed by atoms with Crippen molar-refractivity contribution >= 4 is 17.2 Å². The zero-order valence-corrected chi connectivity index (χ0v) is 13.3. The Bertz CT molecular complexity index is 550. The van der Waals surface area contributed by atoms with Gasteiger partial charge in [0.15, 0.2) is 0 Å². The van der Waals surface area contributed by atoms with Gasteiger partial charge in [0.05, 0.1) is 0 Å². The summed E-state index contributed by atoms with van der Waals surface area (Å²) in [6, 6.07) is 2.22. The molecule has 4 aliphatic carbocycles. The second kappa shape index (κ2) is 4.58. The second-order valence-corrected chi connectivity index (χ2v) is 8.84. The molecule has 5 aliphatic rings. The fourth-order valence-corrected chi connectivity index (χ4v) is 6.87. The lowest BCUT2D eigenvalue weighted by Gasteiger charge is -2.54. The first kappa shape index (κ1) is 12.7. The lowest BCUT2D eigenvalue weighted by molar-refractivity contribution is -0.150. The van der Waals surface area contributed by atoms with Gasteiger partial charge in [-0.05, 0) is 79.2 Å². The lowest BCUT2D eigenvalue weighted by atomic mass is 9.51. The van der Waals surface area contributed by atoms with E-state index in [0.717, 1.165) is 43.2 Å². The number of nitrogens with zero attached hydrogens (tertiary/aromatic N) is 1. The van der Waals surface area contributed by atoms with Crippen LogP contribution in [0.25, 0.3) is 0 Å². The molecule has 0 unspecified atom stereocenters. The van der Waals surface area contributed by atoms with E-state index >= 15 is 0 Å². The van der Waals surface area contributed by atoms with Crippen molar-refractivity contribution < 1.29 is 4.79 Å². The van der Waals surface area contributed by atoms with Crippen LogP contribution in [0.1, 0.15) is 42.5 Å². The summed E-state index contributed by atoms with van der Waals surface area (Å²) in [4.78, 5) is 16.8. The van der Waals surface area contributed by atoms with Crippen molar-refractivity contribution in [1.29, 1.82) is 0 Å². The van der Waals surface area contributed by atoms with E-state index in [4.69, 9.17) is 0 Å². The average Bonchev–Trinajstić information content (AvgIpc) is 2.93. The molecule has 0 N–H and O–H groups in total. The number of thiophene rings is 1. The monoisotopic (exact) mass is 301 g/mol. The fourth-order valence-electron chi connectivity index (χ4n) is 5.98. The van der Waals surface area contributed by atoms with Gasteiger partial charge in [-0.15, -0.1) is 11.3 Å². The molecule has 112 valence electrons. The van der Waals surface area contributed by atoms with Crippen LogP contribution in [0.4, 0.5) is 0 Å². The van der Waals surface area contributed by atoms with Crippen molar-refractivity contribution in [2.45, 2.75) is 45.1 Å². The molecule has 4 bridgehead atoms. The molecule has 21 heavy (non-hydrogen) atoms. The van der Waals surface area contributed by atoms with Gasteiger partial charge in [-0.3, -0.25) is 4.79 Å². The highest BCUT2D eigenvalue weighted by Crippen LogP contribution is 2.57. The molecule has 0 spiro atoms. The number of hydrogen-bond donors (Lipinski definition) is 0. The molecule has 4 saturated carbocycles. The predicted octanol–water partition coefficient (Wildman–Crippen LogP) is 3.71. The molecule has 0 saturated heterocycles. The van der Waals surface area contributed by atoms with Crippen molar-refractivity contribution in [1.82, 2.24) is 4.90 Å². The number of hydrogen-bond acceptors (Lipinski definition) is 2. The molecule has 1 aliphatic heterocycles. The van der Waals surface area contributed by atoms with E-state index in [0.29, 0.717) is 11.8 Å². The summed E-state index contributed by atoms with van der Waals surface area (Å²) >= 11 is 1.86. The molecule has 1 aromatic heterocycles. The van der Waals surface area contributed by atoms with Gasteiger partial charge in [-0.1, -0.05) is 0 Å². The van der Waals surface area contributed by atoms with Crippen LogP contribution in [0, 0.1) is 29.6 Å². The van der Waals surface area contributed by atoms with Crippen molar-refractivity contribution in [3.63, 3.8) is 0 Å². The Morgan fingerprint density at radius 1 is 1.10 bits per heavy atom. The van der Waals surface area contributed by atoms with Gasteiger partial charge in [0.2, 0.25) is 5.91 Å². The van der Waals surface area contributed by atoms with Gasteiger partial charge < -0.3 is 4.90 Å². The maximum Gasteiger partial charge on any atom is 0.226 e. The van der Waals surface area contributed by atoms with Crippen LogP contribution in [0.15, 0.2) is 11.4 Å². The summed E-state index contributed by atoms with van der Waals surface area (Å²) in [7, 11) is 0. The largest absolute Gasteiger partial charge is 0.338 e. The first-order valence-corrected chi connectivity index (χ1v) is 9.50. The van der Waals surface area contributed by atoms with Crippen LogP contribution in [0.3, 0.4) is 0 Å². The Hall–Kier alpha value is -0.830. The van der Waals surface area contributed by atoms with Gasteiger partial charge in [0.25, 0.3) is 0 Å². The predicted molar refractivity (Wildman–Crippen MR) is 84.0 cm³/mol. The van der Waals surface area contributed by atoms with Crippen LogP contribution >= 0.6 is 11.3 Å². The molecule has 4 fully saturated rings. The normalized spacial score (nSPS) is 40.4. The van der Waals surface area contributed by atoms with E-state index in [9.17, 15) is 4.79 Å². The fraction of sp³-hybridized carbons (Fsp3) is 0.722. The number of carbonyl (C=O) groups excluding carboxylic acids is 1. The van der Waals surface area contributed by atoms with E-state index in [1.165, 1.54) is 42.5 Å². The van der Waals surface area contributed by atoms with Crippen LogP contribution in [-0.4, -0.2) is 17.4 Å². The van der Waals surface area contributed by atoms with E-state index in [-0.39, 0.29) is 0 Å². The maximum absolute atomic E-state index is 13.1. The van der Waals surface area contributed by atoms with Gasteiger partial charge in [-0.25, -0.2) is 0 Å². The van der Waals surface area contributed by atoms with E-state index in [1.807, 2.05) is 11.3 Å². The van der Waals surface area contributed by atoms with Gasteiger partial charge >= 0.3 is 0 Å². The van der Waals surface area contributed by atoms with Crippen LogP contribution < -0.4 is 0 Å². The third-order valence-corrected chi connectivity index (χ3v) is 7.65. The van der Waals surface area contributed by atoms with Crippen molar-refractivity contribution in [3.05, 3.63) is 21.9 Å². The molecule has 0 aromatic carbocycles. The molecule has 2 heterocycles. The standard InChI is InChI=1S/C18H23NOS/c20-18(19-3-1-16-13(10-19)2-4-21-16)17-14-6-11-5-12(8-14)9-15(17)7-11/h2,4,11-12,14-15,17H,1,3,5-10H2. The van der Waals surface area contributed by atoms with Crippen molar-refractivity contribution in [2.75, 3.05) is 6.54 Å². The molecule has 2 nitrogen and oxygen atoms in total. The molecular formula is C18H23NOS. The number of amides is 1. The van der Waals surface area contributed by atoms with Gasteiger partial charge in [-0.2, -0.15) is 0 Å². The molecule has 1 amide bonds. The minimum absolute atomic E-state index is 0.373. The van der Waals surface area contributed by atoms with Crippen LogP contribution in [0.2, 0.25) is 0 Å². The Kier molecular flexibility index (Phi) is 2.77. The zero-order valence-electron chi connectivity index (χ0n) is 12.5. The molecule has 3 heteroatoms. The molecule has 0 radical (unpaired) electrons. The summed E-state index contributed by atoms with van der Waals surface area (Å²) in [6.45, 7) is 1.83. The summed E-state index contributed by atoms with van der Waals surface area (Å²) < 4.78 is 0. The Labute approximate surface area is 130 Å². The van der Waals surface area contributed by atoms with Crippen molar-refractivity contribution in [3.8, 4) is 0 Å². The summed E-state index contributed by atoms with van der Waals surface area (Å²) in [6.07, 6.45) is 7.94. The third-order valence-electron chi connectivity index (χ3n) is 6.63.